The van der Waals surface area contributed by atoms with Gasteiger partial charge in [0.2, 0.25) is 5.91 Å². The monoisotopic (exact) mass is 940 g/mol. The highest BCUT2D eigenvalue weighted by atomic mass is 16.7. The highest BCUT2D eigenvalue weighted by Gasteiger charge is 2.47. The Morgan fingerprint density at radius 1 is 0.597 bits per heavy atom. The van der Waals surface area contributed by atoms with Gasteiger partial charge in [-0.25, -0.2) is 0 Å². The minimum atomic E-state index is -1.63. The first-order valence-electron chi connectivity index (χ1n) is 26.1. The fourth-order valence-corrected chi connectivity index (χ4v) is 7.43. The van der Waals surface area contributed by atoms with E-state index in [0.29, 0.717) is 12.8 Å². The summed E-state index contributed by atoms with van der Waals surface area (Å²) in [6, 6.07) is -1.05. The number of carbonyl (C=O) groups is 2. The molecule has 8 unspecified atom stereocenters. The van der Waals surface area contributed by atoms with Crippen LogP contribution in [0.2, 0.25) is 0 Å². The molecule has 67 heavy (non-hydrogen) atoms. The Kier molecular flexibility index (Phi) is 40.3. The summed E-state index contributed by atoms with van der Waals surface area (Å²) in [5.74, 6) is -1.26. The second kappa shape index (κ2) is 43.8. The Morgan fingerprint density at radius 2 is 1.10 bits per heavy atom. The zero-order valence-corrected chi connectivity index (χ0v) is 41.7. The van der Waals surface area contributed by atoms with Crippen molar-refractivity contribution in [3.05, 3.63) is 97.2 Å². The van der Waals surface area contributed by atoms with E-state index in [4.69, 9.17) is 14.2 Å². The van der Waals surface area contributed by atoms with Gasteiger partial charge in [0, 0.05) is 6.42 Å². The normalized spacial score (nSPS) is 20.9. The predicted molar refractivity (Wildman–Crippen MR) is 273 cm³/mol. The van der Waals surface area contributed by atoms with Crippen molar-refractivity contribution in [3.63, 3.8) is 0 Å². The Hall–Kier alpha value is -3.42. The van der Waals surface area contributed by atoms with Crippen LogP contribution in [0.1, 0.15) is 181 Å². The van der Waals surface area contributed by atoms with Crippen molar-refractivity contribution in [1.82, 2.24) is 5.32 Å². The van der Waals surface area contributed by atoms with Crippen LogP contribution in [0.4, 0.5) is 0 Å². The number of amides is 1. The lowest BCUT2D eigenvalue weighted by atomic mass is 9.99. The van der Waals surface area contributed by atoms with Gasteiger partial charge < -0.3 is 45.1 Å². The third kappa shape index (κ3) is 32.9. The number of carbonyl (C=O) groups excluding carboxylic acids is 2. The molecule has 1 aliphatic heterocycles. The van der Waals surface area contributed by atoms with E-state index in [1.54, 1.807) is 6.08 Å². The molecule has 0 aromatic heterocycles. The quantitative estimate of drug-likeness (QED) is 0.0150. The molecule has 0 aromatic rings. The number of esters is 1. The second-order valence-corrected chi connectivity index (χ2v) is 17.7. The smallest absolute Gasteiger partial charge is 0.306 e. The number of ether oxygens (including phenoxy) is 3. The third-order valence-electron chi connectivity index (χ3n) is 11.6. The SMILES string of the molecule is CC\C=C/C=C/C=C/C=C\C=C\C=C\CCCCC(O)C(=O)NC(COC1OC(CO)C(O)C(O)C1OC(=O)CCCCCCC/C=C\CCCC)C(O)/C=C/CCCCCCCCCCC. The Labute approximate surface area is 405 Å². The molecule has 1 rings (SSSR count). The topological polar surface area (TPSA) is 175 Å². The maximum Gasteiger partial charge on any atom is 0.306 e. The lowest BCUT2D eigenvalue weighted by molar-refractivity contribution is -0.305. The summed E-state index contributed by atoms with van der Waals surface area (Å²) in [5, 5.41) is 56.5. The van der Waals surface area contributed by atoms with Crippen LogP contribution in [0, 0.1) is 0 Å². The molecule has 11 nitrogen and oxygen atoms in total. The van der Waals surface area contributed by atoms with Crippen LogP contribution in [0.3, 0.4) is 0 Å². The fraction of sp³-hybridized carbons (Fsp3) is 0.679. The molecule has 0 spiro atoms. The number of aliphatic hydroxyl groups is 5. The summed E-state index contributed by atoms with van der Waals surface area (Å²) in [5.41, 5.74) is 0. The largest absolute Gasteiger partial charge is 0.454 e. The van der Waals surface area contributed by atoms with E-state index in [1.165, 1.54) is 51.4 Å². The zero-order valence-electron chi connectivity index (χ0n) is 41.7. The molecule has 0 bridgehead atoms. The summed E-state index contributed by atoms with van der Waals surface area (Å²) in [6.07, 6.45) is 46.0. The van der Waals surface area contributed by atoms with Gasteiger partial charge in [0.1, 0.15) is 24.4 Å². The first-order valence-corrected chi connectivity index (χ1v) is 26.1. The molecule has 1 fully saturated rings. The highest BCUT2D eigenvalue weighted by molar-refractivity contribution is 5.80. The number of aliphatic hydroxyl groups excluding tert-OH is 5. The molecule has 0 aliphatic carbocycles. The van der Waals surface area contributed by atoms with Crippen molar-refractivity contribution in [2.75, 3.05) is 13.2 Å². The average molecular weight is 940 g/mol. The van der Waals surface area contributed by atoms with Crippen molar-refractivity contribution in [2.24, 2.45) is 0 Å². The summed E-state index contributed by atoms with van der Waals surface area (Å²) in [6.45, 7) is 5.51. The van der Waals surface area contributed by atoms with Crippen LogP contribution < -0.4 is 5.32 Å². The highest BCUT2D eigenvalue weighted by Crippen LogP contribution is 2.26. The number of allylic oxidation sites excluding steroid dienone is 15. The molecule has 8 atom stereocenters. The van der Waals surface area contributed by atoms with E-state index >= 15 is 0 Å². The first kappa shape index (κ1) is 61.6. The van der Waals surface area contributed by atoms with Gasteiger partial charge in [-0.2, -0.15) is 0 Å². The Morgan fingerprint density at radius 3 is 1.70 bits per heavy atom. The van der Waals surface area contributed by atoms with Gasteiger partial charge in [0.05, 0.1) is 25.4 Å². The molecule has 0 aromatic carbocycles. The van der Waals surface area contributed by atoms with Crippen molar-refractivity contribution < 1.29 is 49.3 Å². The van der Waals surface area contributed by atoms with E-state index in [9.17, 15) is 35.1 Å². The first-order chi connectivity index (χ1) is 32.7. The fourth-order valence-electron chi connectivity index (χ4n) is 7.43. The lowest BCUT2D eigenvalue weighted by Gasteiger charge is -2.41. The van der Waals surface area contributed by atoms with Crippen molar-refractivity contribution in [3.8, 4) is 0 Å². The standard InChI is InChI=1S/C56H93NO10/c1-4-7-10-13-16-19-22-23-24-25-26-29-31-34-37-40-43-49(60)55(64)57-47(48(59)42-39-36-33-30-27-20-17-14-11-8-5-2)46-65-56-54(53(63)52(62)50(45-58)66-56)67-51(61)44-41-38-35-32-28-21-18-15-12-9-6-3/h7,10,13,15-16,18-19,22-26,29,31,39,42,47-50,52-54,56,58-60,62-63H,4-6,8-9,11-12,14,17,20-21,27-28,30,32-38,40-41,43-46H2,1-3H3,(H,57,64)/b10-7-,16-13+,18-15-,22-19+,24-23-,26-25+,31-29+,42-39+. The van der Waals surface area contributed by atoms with Gasteiger partial charge in [-0.3, -0.25) is 9.59 Å². The van der Waals surface area contributed by atoms with Gasteiger partial charge in [0.25, 0.3) is 0 Å². The van der Waals surface area contributed by atoms with E-state index in [2.05, 4.69) is 44.3 Å². The van der Waals surface area contributed by atoms with Gasteiger partial charge >= 0.3 is 5.97 Å². The second-order valence-electron chi connectivity index (χ2n) is 17.7. The Balaban J connectivity index is 2.84. The van der Waals surface area contributed by atoms with Crippen LogP contribution in [-0.4, -0.2) is 99.6 Å². The van der Waals surface area contributed by atoms with Gasteiger partial charge in [-0.05, 0) is 64.2 Å². The number of nitrogens with one attached hydrogen (secondary N) is 1. The van der Waals surface area contributed by atoms with E-state index < -0.39 is 67.4 Å². The summed E-state index contributed by atoms with van der Waals surface area (Å²) < 4.78 is 17.5. The average Bonchev–Trinajstić information content (AvgIpc) is 3.32. The Bertz CT molecular complexity index is 1450. The molecule has 11 heteroatoms. The predicted octanol–water partition coefficient (Wildman–Crippen LogP) is 10.8. The summed E-state index contributed by atoms with van der Waals surface area (Å²) in [7, 11) is 0. The van der Waals surface area contributed by atoms with E-state index in [0.717, 1.165) is 83.5 Å². The molecule has 0 radical (unpaired) electrons. The molecule has 1 saturated heterocycles. The van der Waals surface area contributed by atoms with Crippen LogP contribution >= 0.6 is 0 Å². The van der Waals surface area contributed by atoms with Gasteiger partial charge in [-0.15, -0.1) is 0 Å². The van der Waals surface area contributed by atoms with Crippen LogP contribution in [0.25, 0.3) is 0 Å². The van der Waals surface area contributed by atoms with Gasteiger partial charge in [0.15, 0.2) is 12.4 Å². The minimum Gasteiger partial charge on any atom is -0.454 e. The van der Waals surface area contributed by atoms with Crippen molar-refractivity contribution in [1.29, 1.82) is 0 Å². The molecule has 1 aliphatic rings. The molecule has 382 valence electrons. The number of unbranched alkanes of at least 4 members (excludes halogenated alkanes) is 18. The third-order valence-corrected chi connectivity index (χ3v) is 11.6. The van der Waals surface area contributed by atoms with Crippen LogP contribution in [-0.2, 0) is 23.8 Å². The van der Waals surface area contributed by atoms with E-state index in [1.807, 2.05) is 72.9 Å². The number of hydrogen-bond donors (Lipinski definition) is 6. The minimum absolute atomic E-state index is 0.102. The maximum atomic E-state index is 13.3. The molecule has 1 amide bonds. The molecule has 0 saturated carbocycles. The lowest BCUT2D eigenvalue weighted by Crippen LogP contribution is -2.61. The number of hydrogen-bond acceptors (Lipinski definition) is 10. The van der Waals surface area contributed by atoms with Crippen LogP contribution in [0.15, 0.2) is 97.2 Å². The molecule has 6 N–H and O–H groups in total. The van der Waals surface area contributed by atoms with Crippen molar-refractivity contribution >= 4 is 11.9 Å². The molecule has 1 heterocycles. The van der Waals surface area contributed by atoms with Gasteiger partial charge in [-0.1, -0.05) is 208 Å². The maximum absolute atomic E-state index is 13.3. The van der Waals surface area contributed by atoms with Crippen LogP contribution in [0.5, 0.6) is 0 Å². The van der Waals surface area contributed by atoms with E-state index in [-0.39, 0.29) is 19.4 Å². The summed E-state index contributed by atoms with van der Waals surface area (Å²) >= 11 is 0. The molecular weight excluding hydrogens is 847 g/mol. The number of rotatable bonds is 41. The zero-order chi connectivity index (χ0) is 49.0. The molecular formula is C56H93NO10. The summed E-state index contributed by atoms with van der Waals surface area (Å²) in [4.78, 5) is 26.3. The van der Waals surface area contributed by atoms with Crippen molar-refractivity contribution in [2.45, 2.75) is 230 Å².